The molecule has 2 aliphatic heterocycles. The molecule has 2 rings (SSSR count). The minimum Gasteiger partial charge on any atom is -0.356 e. The Morgan fingerprint density at radius 1 is 1.32 bits per heavy atom. The van der Waals surface area contributed by atoms with Gasteiger partial charge < -0.3 is 15.1 Å². The second-order valence-corrected chi connectivity index (χ2v) is 10.6. The zero-order valence-electron chi connectivity index (χ0n) is 16.1. The molecule has 25 heavy (non-hydrogen) atoms. The molecular formula is C17H35IN4O2S. The molecule has 2 fully saturated rings. The van der Waals surface area contributed by atoms with Crippen molar-refractivity contribution < 1.29 is 8.42 Å². The summed E-state index contributed by atoms with van der Waals surface area (Å²) in [5.74, 6) is 1.84. The number of halogens is 1. The van der Waals surface area contributed by atoms with E-state index < -0.39 is 14.6 Å². The molecule has 2 heterocycles. The molecule has 1 atom stereocenters. The summed E-state index contributed by atoms with van der Waals surface area (Å²) >= 11 is 0. The summed E-state index contributed by atoms with van der Waals surface area (Å²) in [7, 11) is -1.24. The van der Waals surface area contributed by atoms with Crippen molar-refractivity contribution in [2.45, 2.75) is 44.8 Å². The van der Waals surface area contributed by atoms with Gasteiger partial charge in [-0.3, -0.25) is 4.99 Å². The molecule has 0 amide bonds. The van der Waals surface area contributed by atoms with E-state index in [4.69, 9.17) is 0 Å². The number of hydrogen-bond donors (Lipinski definition) is 1. The zero-order chi connectivity index (χ0) is 17.8. The smallest absolute Gasteiger partial charge is 0.193 e. The Kier molecular flexibility index (Phi) is 8.93. The first-order chi connectivity index (χ1) is 11.2. The van der Waals surface area contributed by atoms with Crippen LogP contribution in [-0.2, 0) is 9.84 Å². The maximum absolute atomic E-state index is 12.1. The molecule has 0 spiro atoms. The van der Waals surface area contributed by atoms with Gasteiger partial charge in [0.05, 0.1) is 10.5 Å². The highest BCUT2D eigenvalue weighted by Gasteiger charge is 2.40. The molecule has 0 aromatic rings. The van der Waals surface area contributed by atoms with E-state index in [9.17, 15) is 8.42 Å². The second-order valence-electron chi connectivity index (χ2n) is 7.88. The highest BCUT2D eigenvalue weighted by atomic mass is 127. The molecule has 0 aliphatic carbocycles. The minimum absolute atomic E-state index is 0. The third-order valence-corrected chi connectivity index (χ3v) is 7.76. The Balaban J connectivity index is 0.00000312. The van der Waals surface area contributed by atoms with Gasteiger partial charge in [0, 0.05) is 33.2 Å². The molecule has 8 heteroatoms. The average Bonchev–Trinajstić information content (AvgIpc) is 2.50. The van der Waals surface area contributed by atoms with Gasteiger partial charge in [-0.1, -0.05) is 6.92 Å². The summed E-state index contributed by atoms with van der Waals surface area (Å²) < 4.78 is 23.5. The van der Waals surface area contributed by atoms with E-state index in [1.807, 2.05) is 0 Å². The maximum Gasteiger partial charge on any atom is 0.193 e. The van der Waals surface area contributed by atoms with E-state index in [0.29, 0.717) is 13.1 Å². The van der Waals surface area contributed by atoms with Crippen LogP contribution in [0.1, 0.15) is 40.0 Å². The quantitative estimate of drug-likeness (QED) is 0.284. The lowest BCUT2D eigenvalue weighted by atomic mass is 10.0. The molecule has 1 unspecified atom stereocenters. The van der Waals surface area contributed by atoms with Gasteiger partial charge in [0.1, 0.15) is 0 Å². The molecule has 0 saturated carbocycles. The van der Waals surface area contributed by atoms with E-state index in [-0.39, 0.29) is 29.7 Å². The fourth-order valence-corrected chi connectivity index (χ4v) is 5.02. The number of nitrogens with one attached hydrogen (secondary N) is 1. The first-order valence-corrected chi connectivity index (χ1v) is 10.8. The number of aliphatic imine (C=N–C) groups is 1. The SMILES string of the molecule is CN=C(NCCCN1CCCC(C)C1)N1CCS(=O)(=O)C(C)(C)C1.I. The Hall–Kier alpha value is -0.0900. The van der Waals surface area contributed by atoms with Crippen LogP contribution in [0, 0.1) is 5.92 Å². The molecule has 2 saturated heterocycles. The van der Waals surface area contributed by atoms with Crippen molar-refractivity contribution in [3.63, 3.8) is 0 Å². The number of piperidine rings is 1. The minimum atomic E-state index is -3.01. The third-order valence-electron chi connectivity index (χ3n) is 5.23. The van der Waals surface area contributed by atoms with Crippen LogP contribution in [0.4, 0.5) is 0 Å². The van der Waals surface area contributed by atoms with Gasteiger partial charge in [0.15, 0.2) is 15.8 Å². The van der Waals surface area contributed by atoms with E-state index in [2.05, 4.69) is 27.0 Å². The lowest BCUT2D eigenvalue weighted by Crippen LogP contribution is -2.57. The summed E-state index contributed by atoms with van der Waals surface area (Å²) in [6, 6.07) is 0. The summed E-state index contributed by atoms with van der Waals surface area (Å²) in [6.45, 7) is 11.4. The number of nitrogens with zero attached hydrogens (tertiary/aromatic N) is 3. The lowest BCUT2D eigenvalue weighted by molar-refractivity contribution is 0.182. The van der Waals surface area contributed by atoms with E-state index in [1.54, 1.807) is 20.9 Å². The third kappa shape index (κ3) is 6.23. The van der Waals surface area contributed by atoms with Crippen molar-refractivity contribution in [2.75, 3.05) is 52.1 Å². The predicted octanol–water partition coefficient (Wildman–Crippen LogP) is 1.81. The molecule has 0 aromatic heterocycles. The maximum atomic E-state index is 12.1. The van der Waals surface area contributed by atoms with Crippen molar-refractivity contribution in [1.82, 2.24) is 15.1 Å². The van der Waals surface area contributed by atoms with Crippen molar-refractivity contribution in [3.05, 3.63) is 0 Å². The van der Waals surface area contributed by atoms with Crippen LogP contribution < -0.4 is 5.32 Å². The van der Waals surface area contributed by atoms with Crippen LogP contribution in [0.2, 0.25) is 0 Å². The van der Waals surface area contributed by atoms with Crippen LogP contribution in [0.3, 0.4) is 0 Å². The van der Waals surface area contributed by atoms with Gasteiger partial charge in [-0.25, -0.2) is 8.42 Å². The Morgan fingerprint density at radius 3 is 2.64 bits per heavy atom. The van der Waals surface area contributed by atoms with Gasteiger partial charge in [-0.05, 0) is 52.1 Å². The Bertz CT molecular complexity index is 551. The van der Waals surface area contributed by atoms with Crippen LogP contribution in [0.25, 0.3) is 0 Å². The van der Waals surface area contributed by atoms with E-state index in [1.165, 1.54) is 25.9 Å². The molecule has 1 N–H and O–H groups in total. The standard InChI is InChI=1S/C17H34N4O2S.HI/c1-15-7-5-9-20(13-15)10-6-8-19-16(18-4)21-11-12-24(22,23)17(2,3)14-21;/h15H,5-14H2,1-4H3,(H,18,19);1H. The highest BCUT2D eigenvalue weighted by Crippen LogP contribution is 2.23. The van der Waals surface area contributed by atoms with E-state index in [0.717, 1.165) is 31.4 Å². The fraction of sp³-hybridized carbons (Fsp3) is 0.941. The number of guanidine groups is 1. The zero-order valence-corrected chi connectivity index (χ0v) is 19.3. The highest BCUT2D eigenvalue weighted by molar-refractivity contribution is 14.0. The largest absolute Gasteiger partial charge is 0.356 e. The van der Waals surface area contributed by atoms with Crippen LogP contribution in [-0.4, -0.2) is 81.0 Å². The van der Waals surface area contributed by atoms with Crippen molar-refractivity contribution in [3.8, 4) is 0 Å². The summed E-state index contributed by atoms with van der Waals surface area (Å²) in [5.41, 5.74) is 0. The normalized spacial score (nSPS) is 26.8. The summed E-state index contributed by atoms with van der Waals surface area (Å²) in [5, 5.41) is 3.41. The molecule has 2 aliphatic rings. The molecule has 148 valence electrons. The number of sulfone groups is 1. The van der Waals surface area contributed by atoms with Gasteiger partial charge in [-0.2, -0.15) is 0 Å². The number of hydrogen-bond acceptors (Lipinski definition) is 4. The summed E-state index contributed by atoms with van der Waals surface area (Å²) in [6.07, 6.45) is 3.75. The fourth-order valence-electron chi connectivity index (χ4n) is 3.65. The van der Waals surface area contributed by atoms with Gasteiger partial charge in [0.25, 0.3) is 0 Å². The first-order valence-electron chi connectivity index (χ1n) is 9.15. The van der Waals surface area contributed by atoms with Crippen LogP contribution >= 0.6 is 24.0 Å². The first kappa shape index (κ1) is 23.0. The van der Waals surface area contributed by atoms with Crippen molar-refractivity contribution >= 4 is 39.8 Å². The molecule has 6 nitrogen and oxygen atoms in total. The number of likely N-dealkylation sites (tertiary alicyclic amines) is 1. The van der Waals surface area contributed by atoms with Crippen LogP contribution in [0.15, 0.2) is 4.99 Å². The van der Waals surface area contributed by atoms with E-state index >= 15 is 0 Å². The molecular weight excluding hydrogens is 451 g/mol. The number of rotatable bonds is 4. The Labute approximate surface area is 170 Å². The molecule has 0 aromatic carbocycles. The molecule has 0 radical (unpaired) electrons. The molecule has 0 bridgehead atoms. The van der Waals surface area contributed by atoms with Crippen molar-refractivity contribution in [1.29, 1.82) is 0 Å². The Morgan fingerprint density at radius 2 is 2.04 bits per heavy atom. The predicted molar refractivity (Wildman–Crippen MR) is 116 cm³/mol. The van der Waals surface area contributed by atoms with Gasteiger partial charge >= 0.3 is 0 Å². The average molecular weight is 486 g/mol. The van der Waals surface area contributed by atoms with Crippen LogP contribution in [0.5, 0.6) is 0 Å². The second kappa shape index (κ2) is 9.73. The topological polar surface area (TPSA) is 65.0 Å². The monoisotopic (exact) mass is 486 g/mol. The lowest BCUT2D eigenvalue weighted by Gasteiger charge is -2.39. The van der Waals surface area contributed by atoms with Gasteiger partial charge in [-0.15, -0.1) is 24.0 Å². The summed E-state index contributed by atoms with van der Waals surface area (Å²) in [4.78, 5) is 8.97. The van der Waals surface area contributed by atoms with Gasteiger partial charge in [0.2, 0.25) is 0 Å². The van der Waals surface area contributed by atoms with Crippen molar-refractivity contribution in [2.24, 2.45) is 10.9 Å².